The van der Waals surface area contributed by atoms with E-state index in [-0.39, 0.29) is 5.02 Å². The van der Waals surface area contributed by atoms with Crippen molar-refractivity contribution in [3.63, 3.8) is 0 Å². The van der Waals surface area contributed by atoms with Crippen LogP contribution in [0.1, 0.15) is 10.4 Å². The first-order valence-corrected chi connectivity index (χ1v) is 4.17. The van der Waals surface area contributed by atoms with E-state index >= 15 is 0 Å². The molecule has 1 aromatic carbocycles. The summed E-state index contributed by atoms with van der Waals surface area (Å²) in [6, 6.07) is 2.81. The quantitative estimate of drug-likeness (QED) is 0.765. The Hall–Kier alpha value is -1.55. The summed E-state index contributed by atoms with van der Waals surface area (Å²) in [6.07, 6.45) is 1.57. The SMILES string of the molecule is O=C(O)c1cc2[nH]ccc2c(Cl)c1F. The van der Waals surface area contributed by atoms with Gasteiger partial charge in [-0.25, -0.2) is 9.18 Å². The fourth-order valence-corrected chi connectivity index (χ4v) is 1.56. The number of nitrogens with one attached hydrogen (secondary N) is 1. The molecule has 0 fully saturated rings. The van der Waals surface area contributed by atoms with Gasteiger partial charge in [0.05, 0.1) is 10.6 Å². The van der Waals surface area contributed by atoms with Gasteiger partial charge in [0, 0.05) is 17.1 Å². The van der Waals surface area contributed by atoms with Crippen molar-refractivity contribution >= 4 is 28.5 Å². The summed E-state index contributed by atoms with van der Waals surface area (Å²) in [4.78, 5) is 13.4. The van der Waals surface area contributed by atoms with Gasteiger partial charge in [-0.3, -0.25) is 0 Å². The Morgan fingerprint density at radius 3 is 2.93 bits per heavy atom. The van der Waals surface area contributed by atoms with Crippen LogP contribution in [0.5, 0.6) is 0 Å². The first-order chi connectivity index (χ1) is 6.61. The predicted octanol–water partition coefficient (Wildman–Crippen LogP) is 2.66. The number of hydrogen-bond acceptors (Lipinski definition) is 1. The average molecular weight is 214 g/mol. The minimum Gasteiger partial charge on any atom is -0.478 e. The van der Waals surface area contributed by atoms with Crippen LogP contribution in [0.4, 0.5) is 4.39 Å². The molecule has 0 unspecified atom stereocenters. The highest BCUT2D eigenvalue weighted by Gasteiger charge is 2.16. The Morgan fingerprint density at radius 2 is 2.29 bits per heavy atom. The molecule has 14 heavy (non-hydrogen) atoms. The lowest BCUT2D eigenvalue weighted by Gasteiger charge is -2.01. The summed E-state index contributed by atoms with van der Waals surface area (Å²) >= 11 is 5.66. The van der Waals surface area contributed by atoms with E-state index in [1.807, 2.05) is 0 Å². The van der Waals surface area contributed by atoms with E-state index in [4.69, 9.17) is 16.7 Å². The molecule has 0 bridgehead atoms. The van der Waals surface area contributed by atoms with Crippen molar-refractivity contribution in [3.8, 4) is 0 Å². The molecule has 2 rings (SSSR count). The average Bonchev–Trinajstić information content (AvgIpc) is 2.58. The predicted molar refractivity (Wildman–Crippen MR) is 50.2 cm³/mol. The molecule has 72 valence electrons. The third-order valence-corrected chi connectivity index (χ3v) is 2.33. The molecule has 0 aliphatic rings. The third kappa shape index (κ3) is 1.15. The zero-order chi connectivity index (χ0) is 10.3. The largest absolute Gasteiger partial charge is 0.478 e. The van der Waals surface area contributed by atoms with Crippen LogP contribution < -0.4 is 0 Å². The highest BCUT2D eigenvalue weighted by Crippen LogP contribution is 2.28. The van der Waals surface area contributed by atoms with Gasteiger partial charge in [0.15, 0.2) is 5.82 Å². The van der Waals surface area contributed by atoms with Gasteiger partial charge < -0.3 is 10.1 Å². The number of aromatic amines is 1. The van der Waals surface area contributed by atoms with Gasteiger partial charge in [-0.1, -0.05) is 11.6 Å². The second kappa shape index (κ2) is 2.99. The second-order valence-corrected chi connectivity index (χ2v) is 3.17. The molecule has 1 aromatic heterocycles. The molecule has 2 N–H and O–H groups in total. The van der Waals surface area contributed by atoms with Crippen LogP contribution in [0, 0.1) is 5.82 Å². The molecule has 0 radical (unpaired) electrons. The minimum atomic E-state index is -1.33. The first-order valence-electron chi connectivity index (χ1n) is 3.79. The number of aromatic carboxylic acids is 1. The summed E-state index contributed by atoms with van der Waals surface area (Å²) in [5, 5.41) is 8.99. The number of halogens is 2. The number of carbonyl (C=O) groups is 1. The van der Waals surface area contributed by atoms with Crippen LogP contribution in [0.2, 0.25) is 5.02 Å². The van der Waals surface area contributed by atoms with Crippen molar-refractivity contribution in [2.24, 2.45) is 0 Å². The second-order valence-electron chi connectivity index (χ2n) is 2.80. The van der Waals surface area contributed by atoms with Crippen molar-refractivity contribution in [2.45, 2.75) is 0 Å². The Bertz CT molecular complexity index is 521. The van der Waals surface area contributed by atoms with Crippen molar-refractivity contribution in [1.82, 2.24) is 4.98 Å². The number of H-pyrrole nitrogens is 1. The Morgan fingerprint density at radius 1 is 1.57 bits per heavy atom. The third-order valence-electron chi connectivity index (χ3n) is 1.96. The molecular weight excluding hydrogens is 209 g/mol. The summed E-state index contributed by atoms with van der Waals surface area (Å²) in [5.41, 5.74) is 0.0822. The molecule has 0 saturated heterocycles. The maximum Gasteiger partial charge on any atom is 0.338 e. The van der Waals surface area contributed by atoms with Crippen LogP contribution in [0.25, 0.3) is 10.9 Å². The van der Waals surface area contributed by atoms with E-state index in [2.05, 4.69) is 4.98 Å². The van der Waals surface area contributed by atoms with Crippen molar-refractivity contribution in [2.75, 3.05) is 0 Å². The van der Waals surface area contributed by atoms with Crippen LogP contribution in [0.15, 0.2) is 18.3 Å². The van der Waals surface area contributed by atoms with Gasteiger partial charge in [0.1, 0.15) is 0 Å². The lowest BCUT2D eigenvalue weighted by molar-refractivity contribution is 0.0692. The highest BCUT2D eigenvalue weighted by atomic mass is 35.5. The van der Waals surface area contributed by atoms with Gasteiger partial charge in [0.25, 0.3) is 0 Å². The topological polar surface area (TPSA) is 53.1 Å². The molecule has 2 aromatic rings. The summed E-state index contributed by atoms with van der Waals surface area (Å²) in [7, 11) is 0. The maximum atomic E-state index is 13.3. The van der Waals surface area contributed by atoms with E-state index in [0.29, 0.717) is 10.9 Å². The van der Waals surface area contributed by atoms with E-state index < -0.39 is 17.3 Å². The van der Waals surface area contributed by atoms with E-state index in [1.54, 1.807) is 12.3 Å². The van der Waals surface area contributed by atoms with Gasteiger partial charge in [-0.05, 0) is 12.1 Å². The lowest BCUT2D eigenvalue weighted by Crippen LogP contribution is -2.00. The minimum absolute atomic E-state index is 0.166. The molecule has 3 nitrogen and oxygen atoms in total. The smallest absolute Gasteiger partial charge is 0.338 e. The summed E-state index contributed by atoms with van der Waals surface area (Å²) in [6.45, 7) is 0. The van der Waals surface area contributed by atoms with Crippen molar-refractivity contribution < 1.29 is 14.3 Å². The molecule has 0 saturated carbocycles. The van der Waals surface area contributed by atoms with E-state index in [9.17, 15) is 9.18 Å². The van der Waals surface area contributed by atoms with Crippen LogP contribution in [-0.2, 0) is 0 Å². The first kappa shape index (κ1) is 9.02. The monoisotopic (exact) mass is 213 g/mol. The number of rotatable bonds is 1. The van der Waals surface area contributed by atoms with Crippen molar-refractivity contribution in [1.29, 1.82) is 0 Å². The molecule has 0 amide bonds. The fourth-order valence-electron chi connectivity index (χ4n) is 1.29. The van der Waals surface area contributed by atoms with E-state index in [1.165, 1.54) is 6.07 Å². The molecule has 1 heterocycles. The number of benzene rings is 1. The number of fused-ring (bicyclic) bond motifs is 1. The van der Waals surface area contributed by atoms with E-state index in [0.717, 1.165) is 0 Å². The van der Waals surface area contributed by atoms with Gasteiger partial charge in [-0.15, -0.1) is 0 Å². The molecule has 0 spiro atoms. The standard InChI is InChI=1S/C9H5ClFNO2/c10-7-4-1-2-12-6(4)3-5(8(7)11)9(13)14/h1-3,12H,(H,13,14). The van der Waals surface area contributed by atoms with Gasteiger partial charge in [0.2, 0.25) is 0 Å². The number of carboxylic acids is 1. The Balaban J connectivity index is 2.87. The van der Waals surface area contributed by atoms with Crippen molar-refractivity contribution in [3.05, 3.63) is 34.7 Å². The molecule has 0 aliphatic heterocycles. The Labute approximate surface area is 83.1 Å². The van der Waals surface area contributed by atoms with Gasteiger partial charge >= 0.3 is 5.97 Å². The molecule has 0 atom stereocenters. The molecular formula is C9H5ClFNO2. The maximum absolute atomic E-state index is 13.3. The Kier molecular flexibility index (Phi) is 1.93. The highest BCUT2D eigenvalue weighted by molar-refractivity contribution is 6.36. The zero-order valence-electron chi connectivity index (χ0n) is 6.84. The van der Waals surface area contributed by atoms with Crippen LogP contribution in [0.3, 0.4) is 0 Å². The number of aromatic nitrogens is 1. The molecule has 5 heteroatoms. The summed E-state index contributed by atoms with van der Waals surface area (Å²) < 4.78 is 13.3. The number of carboxylic acid groups (broad SMARTS) is 1. The lowest BCUT2D eigenvalue weighted by atomic mass is 10.1. The van der Waals surface area contributed by atoms with Crippen LogP contribution in [-0.4, -0.2) is 16.1 Å². The van der Waals surface area contributed by atoms with Gasteiger partial charge in [-0.2, -0.15) is 0 Å². The fraction of sp³-hybridized carbons (Fsp3) is 0. The molecule has 0 aliphatic carbocycles. The van der Waals surface area contributed by atoms with Crippen LogP contribution >= 0.6 is 11.6 Å². The normalized spacial score (nSPS) is 10.7. The zero-order valence-corrected chi connectivity index (χ0v) is 7.60. The summed E-state index contributed by atoms with van der Waals surface area (Å²) in [5.74, 6) is -2.23. The number of hydrogen-bond donors (Lipinski definition) is 2.